The maximum Gasteiger partial charge on any atom is 0.266 e. The van der Waals surface area contributed by atoms with Crippen LogP contribution in [0.5, 0.6) is 0 Å². The van der Waals surface area contributed by atoms with Gasteiger partial charge < -0.3 is 15.2 Å². The molecule has 0 radical (unpaired) electrons. The Morgan fingerprint density at radius 1 is 1.69 bits per heavy atom. The standard InChI is InChI=1S/C10H15IN4O/c1-15(5-4-12-7-2-3-7)9-8(11)10(16)14-6-13-9/h6-7,12H,2-5H2,1H3,(H,13,14,16). The molecule has 1 saturated carbocycles. The average Bonchev–Trinajstić information content (AvgIpc) is 3.06. The predicted molar refractivity (Wildman–Crippen MR) is 71.9 cm³/mol. The summed E-state index contributed by atoms with van der Waals surface area (Å²) in [5.74, 6) is 0.752. The van der Waals surface area contributed by atoms with Crippen LogP contribution < -0.4 is 15.8 Å². The van der Waals surface area contributed by atoms with Crippen molar-refractivity contribution in [3.05, 3.63) is 20.3 Å². The molecule has 0 spiro atoms. The van der Waals surface area contributed by atoms with Crippen molar-refractivity contribution in [2.75, 3.05) is 25.0 Å². The summed E-state index contributed by atoms with van der Waals surface area (Å²) >= 11 is 2.03. The molecule has 6 heteroatoms. The quantitative estimate of drug-likeness (QED) is 0.773. The number of likely N-dealkylation sites (N-methyl/N-ethyl adjacent to an activating group) is 1. The summed E-state index contributed by atoms with van der Waals surface area (Å²) in [5, 5.41) is 3.43. The van der Waals surface area contributed by atoms with Gasteiger partial charge in [-0.1, -0.05) is 0 Å². The van der Waals surface area contributed by atoms with Crippen LogP contribution in [0.4, 0.5) is 5.82 Å². The van der Waals surface area contributed by atoms with Crippen molar-refractivity contribution in [1.29, 1.82) is 0 Å². The van der Waals surface area contributed by atoms with Gasteiger partial charge in [0.25, 0.3) is 5.56 Å². The first-order valence-corrected chi connectivity index (χ1v) is 6.44. The Bertz CT molecular complexity index is 416. The number of H-pyrrole nitrogens is 1. The number of aromatic nitrogens is 2. The lowest BCUT2D eigenvalue weighted by atomic mass is 10.4. The summed E-state index contributed by atoms with van der Waals surface area (Å²) in [4.78, 5) is 20.1. The van der Waals surface area contributed by atoms with Crippen LogP contribution in [0.1, 0.15) is 12.8 Å². The van der Waals surface area contributed by atoms with E-state index in [1.54, 1.807) is 0 Å². The van der Waals surface area contributed by atoms with Crippen molar-refractivity contribution < 1.29 is 0 Å². The second-order valence-electron chi connectivity index (χ2n) is 4.02. The lowest BCUT2D eigenvalue weighted by Gasteiger charge is -2.18. The van der Waals surface area contributed by atoms with Crippen LogP contribution >= 0.6 is 22.6 Å². The number of aromatic amines is 1. The molecule has 0 aliphatic heterocycles. The Kier molecular flexibility index (Phi) is 3.80. The molecule has 1 aromatic rings. The van der Waals surface area contributed by atoms with Gasteiger partial charge in [0.2, 0.25) is 0 Å². The molecule has 2 rings (SSSR count). The molecule has 88 valence electrons. The van der Waals surface area contributed by atoms with Crippen LogP contribution in [0.15, 0.2) is 11.1 Å². The van der Waals surface area contributed by atoms with Gasteiger partial charge in [0, 0.05) is 26.2 Å². The molecule has 1 fully saturated rings. The number of hydrogen-bond acceptors (Lipinski definition) is 4. The van der Waals surface area contributed by atoms with E-state index in [1.165, 1.54) is 19.2 Å². The molecular formula is C10H15IN4O. The first-order chi connectivity index (χ1) is 7.68. The van der Waals surface area contributed by atoms with E-state index in [0.717, 1.165) is 24.9 Å². The number of rotatable bonds is 5. The van der Waals surface area contributed by atoms with Crippen molar-refractivity contribution in [2.45, 2.75) is 18.9 Å². The fourth-order valence-corrected chi connectivity index (χ4v) is 2.18. The fourth-order valence-electron chi connectivity index (χ4n) is 1.47. The summed E-state index contributed by atoms with van der Waals surface area (Å²) in [6.45, 7) is 1.80. The molecule has 0 bridgehead atoms. The highest BCUT2D eigenvalue weighted by atomic mass is 127. The third-order valence-corrected chi connectivity index (χ3v) is 3.57. The largest absolute Gasteiger partial charge is 0.357 e. The monoisotopic (exact) mass is 334 g/mol. The molecule has 1 aliphatic carbocycles. The number of hydrogen-bond donors (Lipinski definition) is 2. The van der Waals surface area contributed by atoms with E-state index in [9.17, 15) is 4.79 Å². The van der Waals surface area contributed by atoms with Gasteiger partial charge in [0.05, 0.1) is 6.33 Å². The topological polar surface area (TPSA) is 61.0 Å². The molecular weight excluding hydrogens is 319 g/mol. The zero-order chi connectivity index (χ0) is 11.5. The Labute approximate surface area is 108 Å². The van der Waals surface area contributed by atoms with Gasteiger partial charge >= 0.3 is 0 Å². The molecule has 1 heterocycles. The SMILES string of the molecule is CN(CCNC1CC1)c1nc[nH]c(=O)c1I. The summed E-state index contributed by atoms with van der Waals surface area (Å²) in [7, 11) is 1.96. The van der Waals surface area contributed by atoms with Crippen LogP contribution in [-0.2, 0) is 0 Å². The van der Waals surface area contributed by atoms with Crippen LogP contribution in [0.2, 0.25) is 0 Å². The maximum atomic E-state index is 11.4. The fraction of sp³-hybridized carbons (Fsp3) is 0.600. The van der Waals surface area contributed by atoms with Crippen molar-refractivity contribution in [2.24, 2.45) is 0 Å². The highest BCUT2D eigenvalue weighted by Crippen LogP contribution is 2.18. The number of nitrogens with one attached hydrogen (secondary N) is 2. The zero-order valence-electron chi connectivity index (χ0n) is 9.16. The van der Waals surface area contributed by atoms with Crippen LogP contribution in [0.25, 0.3) is 0 Å². The Balaban J connectivity index is 1.93. The minimum absolute atomic E-state index is 0.0763. The van der Waals surface area contributed by atoms with Crippen molar-refractivity contribution in [3.63, 3.8) is 0 Å². The Morgan fingerprint density at radius 2 is 2.44 bits per heavy atom. The normalized spacial score (nSPS) is 15.1. The Hall–Kier alpha value is -0.630. The van der Waals surface area contributed by atoms with Gasteiger partial charge in [0.15, 0.2) is 0 Å². The lowest BCUT2D eigenvalue weighted by molar-refractivity contribution is 0.671. The molecule has 1 aliphatic rings. The van der Waals surface area contributed by atoms with Gasteiger partial charge in [-0.2, -0.15) is 0 Å². The molecule has 0 amide bonds. The van der Waals surface area contributed by atoms with Crippen LogP contribution in [0.3, 0.4) is 0 Å². The third kappa shape index (κ3) is 2.94. The van der Waals surface area contributed by atoms with Crippen LogP contribution in [0, 0.1) is 3.57 Å². The molecule has 5 nitrogen and oxygen atoms in total. The number of anilines is 1. The highest BCUT2D eigenvalue weighted by Gasteiger charge is 2.20. The first-order valence-electron chi connectivity index (χ1n) is 5.36. The summed E-state index contributed by atoms with van der Waals surface area (Å²) in [6.07, 6.45) is 4.04. The van der Waals surface area contributed by atoms with E-state index >= 15 is 0 Å². The second kappa shape index (κ2) is 5.13. The van der Waals surface area contributed by atoms with E-state index < -0.39 is 0 Å². The predicted octanol–water partition coefficient (Wildman–Crippen LogP) is 0.563. The second-order valence-corrected chi connectivity index (χ2v) is 5.10. The average molecular weight is 334 g/mol. The summed E-state index contributed by atoms with van der Waals surface area (Å²) in [5.41, 5.74) is -0.0763. The molecule has 0 atom stereocenters. The minimum atomic E-state index is -0.0763. The summed E-state index contributed by atoms with van der Waals surface area (Å²) in [6, 6.07) is 0.722. The van der Waals surface area contributed by atoms with Gasteiger partial charge in [-0.15, -0.1) is 0 Å². The van der Waals surface area contributed by atoms with E-state index in [1.807, 2.05) is 34.5 Å². The number of halogens is 1. The van der Waals surface area contributed by atoms with Gasteiger partial charge in [0.1, 0.15) is 9.39 Å². The number of nitrogens with zero attached hydrogens (tertiary/aromatic N) is 2. The molecule has 16 heavy (non-hydrogen) atoms. The minimum Gasteiger partial charge on any atom is -0.357 e. The van der Waals surface area contributed by atoms with Crippen molar-refractivity contribution >= 4 is 28.4 Å². The highest BCUT2D eigenvalue weighted by molar-refractivity contribution is 14.1. The van der Waals surface area contributed by atoms with Crippen molar-refractivity contribution in [3.8, 4) is 0 Å². The van der Waals surface area contributed by atoms with E-state index in [4.69, 9.17) is 0 Å². The molecule has 0 saturated heterocycles. The van der Waals surface area contributed by atoms with Crippen molar-refractivity contribution in [1.82, 2.24) is 15.3 Å². The third-order valence-electron chi connectivity index (χ3n) is 2.60. The Morgan fingerprint density at radius 3 is 3.12 bits per heavy atom. The molecule has 0 aromatic carbocycles. The molecule has 0 unspecified atom stereocenters. The lowest BCUT2D eigenvalue weighted by Crippen LogP contribution is -2.32. The molecule has 1 aromatic heterocycles. The van der Waals surface area contributed by atoms with Gasteiger partial charge in [-0.05, 0) is 35.4 Å². The smallest absolute Gasteiger partial charge is 0.266 e. The molecule has 2 N–H and O–H groups in total. The van der Waals surface area contributed by atoms with E-state index in [0.29, 0.717) is 3.57 Å². The maximum absolute atomic E-state index is 11.4. The summed E-state index contributed by atoms with van der Waals surface area (Å²) < 4.78 is 0.647. The zero-order valence-corrected chi connectivity index (χ0v) is 11.3. The van der Waals surface area contributed by atoms with E-state index in [-0.39, 0.29) is 5.56 Å². The van der Waals surface area contributed by atoms with Crippen LogP contribution in [-0.4, -0.2) is 36.1 Å². The van der Waals surface area contributed by atoms with E-state index in [2.05, 4.69) is 15.3 Å². The first kappa shape index (κ1) is 11.8. The van der Waals surface area contributed by atoms with Gasteiger partial charge in [-0.25, -0.2) is 4.98 Å². The van der Waals surface area contributed by atoms with Gasteiger partial charge in [-0.3, -0.25) is 4.79 Å².